The van der Waals surface area contributed by atoms with Gasteiger partial charge in [-0.15, -0.1) is 11.3 Å². The Labute approximate surface area is 137 Å². The molecule has 22 heavy (non-hydrogen) atoms. The predicted octanol–water partition coefficient (Wildman–Crippen LogP) is 3.12. The number of ketones is 1. The van der Waals surface area contributed by atoms with Gasteiger partial charge >= 0.3 is 0 Å². The summed E-state index contributed by atoms with van der Waals surface area (Å²) < 4.78 is 0. The molecule has 0 atom stereocenters. The van der Waals surface area contributed by atoms with Crippen LogP contribution in [0.4, 0.5) is 5.00 Å². The molecule has 6 heteroatoms. The Hall–Kier alpha value is -1.85. The highest BCUT2D eigenvalue weighted by Gasteiger charge is 2.28. The molecule has 0 saturated heterocycles. The second kappa shape index (κ2) is 5.74. The number of rotatable bonds is 2. The number of amides is 1. The lowest BCUT2D eigenvalue weighted by Crippen LogP contribution is -2.33. The summed E-state index contributed by atoms with van der Waals surface area (Å²) >= 11 is 7.51. The molecule has 0 spiro atoms. The molecular formula is C16H15ClN2O2S. The Morgan fingerprint density at radius 3 is 2.73 bits per heavy atom. The van der Waals surface area contributed by atoms with E-state index in [0.29, 0.717) is 40.7 Å². The van der Waals surface area contributed by atoms with E-state index in [1.807, 2.05) is 0 Å². The topological polar surface area (TPSA) is 63.4 Å². The van der Waals surface area contributed by atoms with Crippen molar-refractivity contribution in [3.8, 4) is 0 Å². The molecule has 1 aromatic heterocycles. The first kappa shape index (κ1) is 15.1. The summed E-state index contributed by atoms with van der Waals surface area (Å²) in [5.41, 5.74) is 8.06. The second-order valence-corrected chi connectivity index (χ2v) is 6.79. The molecule has 0 aliphatic carbocycles. The number of hydrogen-bond acceptors (Lipinski definition) is 4. The number of fused-ring (bicyclic) bond motifs is 1. The van der Waals surface area contributed by atoms with Crippen LogP contribution in [-0.2, 0) is 17.8 Å². The maximum absolute atomic E-state index is 12.8. The van der Waals surface area contributed by atoms with E-state index < -0.39 is 0 Å². The number of hydrogen-bond donors (Lipinski definition) is 1. The van der Waals surface area contributed by atoms with Crippen molar-refractivity contribution < 1.29 is 9.59 Å². The van der Waals surface area contributed by atoms with Crippen LogP contribution in [0.25, 0.3) is 0 Å². The maximum Gasteiger partial charge on any atom is 0.219 e. The van der Waals surface area contributed by atoms with Crippen LogP contribution >= 0.6 is 22.9 Å². The van der Waals surface area contributed by atoms with Gasteiger partial charge in [0.1, 0.15) is 0 Å². The van der Waals surface area contributed by atoms with Gasteiger partial charge in [-0.05, 0) is 24.1 Å². The lowest BCUT2D eigenvalue weighted by Gasteiger charge is -2.26. The molecule has 0 unspecified atom stereocenters. The van der Waals surface area contributed by atoms with Crippen molar-refractivity contribution in [3.05, 3.63) is 50.9 Å². The van der Waals surface area contributed by atoms with Gasteiger partial charge < -0.3 is 10.6 Å². The van der Waals surface area contributed by atoms with Crippen molar-refractivity contribution in [3.63, 3.8) is 0 Å². The molecular weight excluding hydrogens is 320 g/mol. The lowest BCUT2D eigenvalue weighted by atomic mass is 9.96. The summed E-state index contributed by atoms with van der Waals surface area (Å²) in [4.78, 5) is 27.1. The summed E-state index contributed by atoms with van der Waals surface area (Å²) in [6.45, 7) is 2.69. The number of thiophene rings is 1. The smallest absolute Gasteiger partial charge is 0.219 e. The van der Waals surface area contributed by atoms with Crippen molar-refractivity contribution in [2.45, 2.75) is 19.9 Å². The van der Waals surface area contributed by atoms with E-state index in [4.69, 9.17) is 17.3 Å². The van der Waals surface area contributed by atoms with Gasteiger partial charge in [-0.25, -0.2) is 0 Å². The minimum atomic E-state index is -0.142. The third-order valence-electron chi connectivity index (χ3n) is 3.87. The van der Waals surface area contributed by atoms with E-state index >= 15 is 0 Å². The SMILES string of the molecule is CC(=O)N1CCc2c(sc(N)c2C(=O)c2ccccc2Cl)C1. The first-order chi connectivity index (χ1) is 10.5. The third kappa shape index (κ3) is 2.51. The van der Waals surface area contributed by atoms with Crippen molar-refractivity contribution >= 4 is 39.6 Å². The van der Waals surface area contributed by atoms with Gasteiger partial charge in [0.25, 0.3) is 0 Å². The fourth-order valence-electron chi connectivity index (χ4n) is 2.72. The summed E-state index contributed by atoms with van der Waals surface area (Å²) in [7, 11) is 0. The number of anilines is 1. The van der Waals surface area contributed by atoms with Crippen LogP contribution < -0.4 is 5.73 Å². The van der Waals surface area contributed by atoms with Crippen molar-refractivity contribution in [2.24, 2.45) is 0 Å². The number of carbonyl (C=O) groups excluding carboxylic acids is 2. The van der Waals surface area contributed by atoms with E-state index in [0.717, 1.165) is 10.4 Å². The van der Waals surface area contributed by atoms with Gasteiger partial charge in [0.05, 0.1) is 22.1 Å². The van der Waals surface area contributed by atoms with E-state index in [1.165, 1.54) is 11.3 Å². The van der Waals surface area contributed by atoms with Gasteiger partial charge in [0.2, 0.25) is 5.91 Å². The molecule has 2 aromatic rings. The Balaban J connectivity index is 2.02. The van der Waals surface area contributed by atoms with Gasteiger partial charge in [-0.3, -0.25) is 9.59 Å². The molecule has 1 aromatic carbocycles. The molecule has 2 N–H and O–H groups in total. The van der Waals surface area contributed by atoms with Crippen LogP contribution in [0.2, 0.25) is 5.02 Å². The molecule has 1 amide bonds. The fraction of sp³-hybridized carbons (Fsp3) is 0.250. The molecule has 114 valence electrons. The van der Waals surface area contributed by atoms with Gasteiger partial charge in [-0.1, -0.05) is 23.7 Å². The highest BCUT2D eigenvalue weighted by molar-refractivity contribution is 7.16. The number of nitrogen functional groups attached to an aromatic ring is 1. The van der Waals surface area contributed by atoms with E-state index in [-0.39, 0.29) is 11.7 Å². The van der Waals surface area contributed by atoms with E-state index in [1.54, 1.807) is 36.1 Å². The Bertz CT molecular complexity index is 770. The Morgan fingerprint density at radius 1 is 1.32 bits per heavy atom. The Morgan fingerprint density at radius 2 is 2.05 bits per heavy atom. The molecule has 1 aliphatic rings. The maximum atomic E-state index is 12.8. The first-order valence-corrected chi connectivity index (χ1v) is 8.13. The molecule has 0 saturated carbocycles. The van der Waals surface area contributed by atoms with Crippen LogP contribution in [0.5, 0.6) is 0 Å². The zero-order chi connectivity index (χ0) is 15.9. The monoisotopic (exact) mass is 334 g/mol. The third-order valence-corrected chi connectivity index (χ3v) is 5.25. The zero-order valence-corrected chi connectivity index (χ0v) is 13.6. The zero-order valence-electron chi connectivity index (χ0n) is 12.1. The molecule has 0 radical (unpaired) electrons. The summed E-state index contributed by atoms with van der Waals surface area (Å²) in [5, 5.41) is 0.924. The van der Waals surface area contributed by atoms with Crippen molar-refractivity contribution in [2.75, 3.05) is 12.3 Å². The number of benzene rings is 1. The van der Waals surface area contributed by atoms with E-state index in [9.17, 15) is 9.59 Å². The fourth-order valence-corrected chi connectivity index (χ4v) is 4.08. The highest BCUT2D eigenvalue weighted by atomic mass is 35.5. The largest absolute Gasteiger partial charge is 0.390 e. The van der Waals surface area contributed by atoms with Crippen LogP contribution in [0.1, 0.15) is 33.3 Å². The average Bonchev–Trinajstić information content (AvgIpc) is 2.81. The number of carbonyl (C=O) groups is 2. The first-order valence-electron chi connectivity index (χ1n) is 6.93. The normalized spacial score (nSPS) is 13.8. The average molecular weight is 335 g/mol. The standard InChI is InChI=1S/C16H15ClN2O2S/c1-9(20)19-7-6-11-13(8-19)22-16(18)14(11)15(21)10-4-2-3-5-12(10)17/h2-5H,6-8,18H2,1H3. The molecule has 4 nitrogen and oxygen atoms in total. The highest BCUT2D eigenvalue weighted by Crippen LogP contribution is 2.37. The van der Waals surface area contributed by atoms with E-state index in [2.05, 4.69) is 0 Å². The predicted molar refractivity (Wildman–Crippen MR) is 88.4 cm³/mol. The van der Waals surface area contributed by atoms with Crippen molar-refractivity contribution in [1.29, 1.82) is 0 Å². The van der Waals surface area contributed by atoms with Gasteiger partial charge in [-0.2, -0.15) is 0 Å². The van der Waals surface area contributed by atoms with Crippen LogP contribution in [-0.4, -0.2) is 23.1 Å². The number of nitrogens with zero attached hydrogens (tertiary/aromatic N) is 1. The summed E-state index contributed by atoms with van der Waals surface area (Å²) in [5.74, 6) is -0.103. The quantitative estimate of drug-likeness (QED) is 0.858. The molecule has 1 aliphatic heterocycles. The Kier molecular flexibility index (Phi) is 3.93. The van der Waals surface area contributed by atoms with Crippen molar-refractivity contribution in [1.82, 2.24) is 4.90 Å². The minimum absolute atomic E-state index is 0.0385. The van der Waals surface area contributed by atoms with Gasteiger partial charge in [0, 0.05) is 23.9 Å². The molecule has 0 fully saturated rings. The molecule has 0 bridgehead atoms. The number of halogens is 1. The number of nitrogens with two attached hydrogens (primary N) is 1. The van der Waals surface area contributed by atoms with Crippen LogP contribution in [0.15, 0.2) is 24.3 Å². The summed E-state index contributed by atoms with van der Waals surface area (Å²) in [6.07, 6.45) is 0.647. The minimum Gasteiger partial charge on any atom is -0.390 e. The lowest BCUT2D eigenvalue weighted by molar-refractivity contribution is -0.129. The van der Waals surface area contributed by atoms with Crippen LogP contribution in [0.3, 0.4) is 0 Å². The van der Waals surface area contributed by atoms with Gasteiger partial charge in [0.15, 0.2) is 5.78 Å². The summed E-state index contributed by atoms with van der Waals surface area (Å²) in [6, 6.07) is 6.97. The molecule has 3 rings (SSSR count). The second-order valence-electron chi connectivity index (χ2n) is 5.24. The van der Waals surface area contributed by atoms with Crippen LogP contribution in [0, 0.1) is 0 Å². The molecule has 2 heterocycles.